The number of nitrogens with zero attached hydrogens (tertiary/aromatic N) is 1. The summed E-state index contributed by atoms with van der Waals surface area (Å²) in [6.07, 6.45) is 8.83. The lowest BCUT2D eigenvalue weighted by molar-refractivity contribution is -0.124. The van der Waals surface area contributed by atoms with Gasteiger partial charge in [0.25, 0.3) is 0 Å². The molecule has 6 rings (SSSR count). The molecule has 4 aliphatic rings. The molecule has 25 heavy (non-hydrogen) atoms. The van der Waals surface area contributed by atoms with Crippen LogP contribution in [0.3, 0.4) is 0 Å². The molecule has 4 bridgehead atoms. The molecule has 0 atom stereocenters. The van der Waals surface area contributed by atoms with Crippen molar-refractivity contribution >= 4 is 32.6 Å². The van der Waals surface area contributed by atoms with Crippen molar-refractivity contribution in [3.63, 3.8) is 0 Å². The molecule has 132 valence electrons. The number of benzene rings is 1. The summed E-state index contributed by atoms with van der Waals surface area (Å²) in [5, 5.41) is 3.90. The molecule has 4 fully saturated rings. The predicted molar refractivity (Wildman–Crippen MR) is 103 cm³/mol. The highest BCUT2D eigenvalue weighted by Crippen LogP contribution is 2.61. The Morgan fingerprint density at radius 3 is 2.32 bits per heavy atom. The number of fused-ring (bicyclic) bond motifs is 1. The summed E-state index contributed by atoms with van der Waals surface area (Å²) in [4.78, 5) is 17.5. The zero-order chi connectivity index (χ0) is 17.2. The van der Waals surface area contributed by atoms with E-state index in [-0.39, 0.29) is 5.91 Å². The van der Waals surface area contributed by atoms with Crippen LogP contribution in [0, 0.1) is 37.0 Å². The molecule has 0 unspecified atom stereocenters. The molecule has 3 nitrogen and oxygen atoms in total. The lowest BCUT2D eigenvalue weighted by Gasteiger charge is -2.56. The van der Waals surface area contributed by atoms with Crippen molar-refractivity contribution in [1.82, 2.24) is 4.98 Å². The van der Waals surface area contributed by atoms with Crippen molar-refractivity contribution in [3.8, 4) is 0 Å². The number of carbonyl (C=O) groups is 1. The van der Waals surface area contributed by atoms with E-state index >= 15 is 0 Å². The minimum atomic E-state index is 0.177. The first-order valence-electron chi connectivity index (χ1n) is 9.66. The molecule has 0 aliphatic heterocycles. The third kappa shape index (κ3) is 2.69. The van der Waals surface area contributed by atoms with Gasteiger partial charge in [-0.15, -0.1) is 0 Å². The number of aromatic nitrogens is 1. The molecule has 4 saturated carbocycles. The maximum absolute atomic E-state index is 12.8. The van der Waals surface area contributed by atoms with Crippen LogP contribution in [0.15, 0.2) is 12.1 Å². The van der Waals surface area contributed by atoms with Crippen molar-refractivity contribution in [2.24, 2.45) is 23.2 Å². The number of nitrogens with one attached hydrogen (secondary N) is 1. The van der Waals surface area contributed by atoms with Gasteiger partial charge in [-0.25, -0.2) is 4.98 Å². The van der Waals surface area contributed by atoms with Crippen molar-refractivity contribution < 1.29 is 4.79 Å². The maximum atomic E-state index is 12.8. The van der Waals surface area contributed by atoms with E-state index in [0.717, 1.165) is 28.4 Å². The third-order valence-corrected chi connectivity index (χ3v) is 8.00. The number of thiazole rings is 1. The molecule has 4 aliphatic carbocycles. The van der Waals surface area contributed by atoms with E-state index in [9.17, 15) is 4.79 Å². The van der Waals surface area contributed by atoms with E-state index in [0.29, 0.717) is 11.8 Å². The number of hydrogen-bond acceptors (Lipinski definition) is 3. The fraction of sp³-hybridized carbons (Fsp3) is 0.619. The zero-order valence-corrected chi connectivity index (χ0v) is 15.9. The minimum absolute atomic E-state index is 0.177. The van der Waals surface area contributed by atoms with Gasteiger partial charge in [0.1, 0.15) is 0 Å². The predicted octanol–water partition coefficient (Wildman–Crippen LogP) is 5.46. The van der Waals surface area contributed by atoms with Crippen LogP contribution < -0.4 is 5.32 Å². The largest absolute Gasteiger partial charge is 0.302 e. The molecular weight excluding hydrogens is 328 g/mol. The van der Waals surface area contributed by atoms with Gasteiger partial charge in [0, 0.05) is 6.42 Å². The summed E-state index contributed by atoms with van der Waals surface area (Å²) in [6.45, 7) is 4.20. The Hall–Kier alpha value is -1.42. The van der Waals surface area contributed by atoms with Gasteiger partial charge < -0.3 is 5.32 Å². The maximum Gasteiger partial charge on any atom is 0.226 e. The Morgan fingerprint density at radius 2 is 1.72 bits per heavy atom. The monoisotopic (exact) mass is 354 g/mol. The van der Waals surface area contributed by atoms with E-state index < -0.39 is 0 Å². The average Bonchev–Trinajstić information content (AvgIpc) is 2.94. The highest BCUT2D eigenvalue weighted by molar-refractivity contribution is 7.22. The first-order valence-corrected chi connectivity index (χ1v) is 10.5. The number of anilines is 1. The van der Waals surface area contributed by atoms with Crippen molar-refractivity contribution in [1.29, 1.82) is 0 Å². The Kier molecular flexibility index (Phi) is 3.50. The van der Waals surface area contributed by atoms with Crippen LogP contribution in [0.25, 0.3) is 10.2 Å². The molecule has 2 aromatic rings. The number of amides is 1. The van der Waals surface area contributed by atoms with Gasteiger partial charge in [0.2, 0.25) is 5.91 Å². The Balaban J connectivity index is 1.34. The second-order valence-electron chi connectivity index (χ2n) is 9.04. The van der Waals surface area contributed by atoms with Crippen LogP contribution in [-0.4, -0.2) is 10.9 Å². The fourth-order valence-electron chi connectivity index (χ4n) is 6.32. The van der Waals surface area contributed by atoms with Gasteiger partial charge in [-0.1, -0.05) is 23.5 Å². The Morgan fingerprint density at radius 1 is 1.12 bits per heavy atom. The average molecular weight is 355 g/mol. The molecular formula is C21H26N2OS. The van der Waals surface area contributed by atoms with Gasteiger partial charge >= 0.3 is 0 Å². The summed E-state index contributed by atoms with van der Waals surface area (Å²) in [7, 11) is 0. The lowest BCUT2D eigenvalue weighted by atomic mass is 9.49. The molecule has 0 spiro atoms. The number of hydrogen-bond donors (Lipinski definition) is 1. The lowest BCUT2D eigenvalue weighted by Crippen LogP contribution is -2.47. The quantitative estimate of drug-likeness (QED) is 0.795. The summed E-state index contributed by atoms with van der Waals surface area (Å²) < 4.78 is 1.20. The van der Waals surface area contributed by atoms with Crippen molar-refractivity contribution in [2.45, 2.75) is 58.8 Å². The van der Waals surface area contributed by atoms with E-state index in [4.69, 9.17) is 4.98 Å². The van der Waals surface area contributed by atoms with Crippen LogP contribution in [-0.2, 0) is 4.79 Å². The van der Waals surface area contributed by atoms with E-state index in [1.807, 2.05) is 0 Å². The summed E-state index contributed by atoms with van der Waals surface area (Å²) in [5.41, 5.74) is 3.75. The third-order valence-electron chi connectivity index (χ3n) is 6.89. The second kappa shape index (κ2) is 5.54. The summed E-state index contributed by atoms with van der Waals surface area (Å²) in [6, 6.07) is 4.25. The van der Waals surface area contributed by atoms with Crippen LogP contribution in [0.4, 0.5) is 5.13 Å². The van der Waals surface area contributed by atoms with Gasteiger partial charge in [0.15, 0.2) is 5.13 Å². The van der Waals surface area contributed by atoms with Crippen LogP contribution >= 0.6 is 11.3 Å². The van der Waals surface area contributed by atoms with Crippen molar-refractivity contribution in [2.75, 3.05) is 5.32 Å². The minimum Gasteiger partial charge on any atom is -0.302 e. The molecule has 1 amide bonds. The molecule has 1 aromatic heterocycles. The molecule has 0 saturated heterocycles. The van der Waals surface area contributed by atoms with Gasteiger partial charge in [-0.2, -0.15) is 0 Å². The number of carbonyl (C=O) groups excluding carboxylic acids is 1. The topological polar surface area (TPSA) is 42.0 Å². The van der Waals surface area contributed by atoms with E-state index in [1.54, 1.807) is 11.3 Å². The second-order valence-corrected chi connectivity index (χ2v) is 10.0. The highest BCUT2D eigenvalue weighted by atomic mass is 32.1. The van der Waals surface area contributed by atoms with Crippen molar-refractivity contribution in [3.05, 3.63) is 23.3 Å². The van der Waals surface area contributed by atoms with Gasteiger partial charge in [0.05, 0.1) is 10.2 Å². The van der Waals surface area contributed by atoms with E-state index in [1.165, 1.54) is 54.4 Å². The Bertz CT molecular complexity index is 779. The van der Waals surface area contributed by atoms with Crippen LogP contribution in [0.2, 0.25) is 0 Å². The molecule has 0 radical (unpaired) electrons. The van der Waals surface area contributed by atoms with E-state index in [2.05, 4.69) is 31.3 Å². The first kappa shape index (κ1) is 15.8. The number of rotatable bonds is 3. The van der Waals surface area contributed by atoms with Crippen LogP contribution in [0.1, 0.15) is 56.1 Å². The molecule has 1 aromatic carbocycles. The van der Waals surface area contributed by atoms with Gasteiger partial charge in [-0.05, 0) is 86.7 Å². The van der Waals surface area contributed by atoms with Gasteiger partial charge in [-0.3, -0.25) is 4.79 Å². The molecule has 4 heteroatoms. The molecule has 1 heterocycles. The normalized spacial score (nSPS) is 33.1. The zero-order valence-electron chi connectivity index (χ0n) is 15.1. The Labute approximate surface area is 153 Å². The van der Waals surface area contributed by atoms with Crippen LogP contribution in [0.5, 0.6) is 0 Å². The highest BCUT2D eigenvalue weighted by Gasteiger charge is 2.51. The fourth-order valence-corrected chi connectivity index (χ4v) is 7.35. The standard InChI is InChI=1S/C21H26N2OS/c1-12-3-4-13(2)19-18(12)23-20(25-19)22-17(24)11-21-8-14-5-15(9-21)7-16(6-14)10-21/h3-4,14-16H,5-11H2,1-2H3,(H,22,23,24). The molecule has 1 N–H and O–H groups in total. The summed E-state index contributed by atoms with van der Waals surface area (Å²) in [5.74, 6) is 2.86. The number of aryl methyl sites for hydroxylation is 2. The smallest absolute Gasteiger partial charge is 0.226 e. The summed E-state index contributed by atoms with van der Waals surface area (Å²) >= 11 is 1.62. The SMILES string of the molecule is Cc1ccc(C)c2sc(NC(=O)CC34CC5CC(CC(C5)C3)C4)nc12. The first-order chi connectivity index (χ1) is 12.0.